The fourth-order valence-electron chi connectivity index (χ4n) is 2.25. The molecule has 1 amide bonds. The predicted octanol–water partition coefficient (Wildman–Crippen LogP) is 1.42. The van der Waals surface area contributed by atoms with Crippen molar-refractivity contribution in [3.8, 4) is 11.8 Å². The molecule has 2 unspecified atom stereocenters. The van der Waals surface area contributed by atoms with Gasteiger partial charge in [-0.05, 0) is 32.0 Å². The molecule has 2 atom stereocenters. The number of hydrogen-bond donors (Lipinski definition) is 1. The molecule has 0 aromatic heterocycles. The van der Waals surface area contributed by atoms with Crippen LogP contribution >= 0.6 is 0 Å². The first-order chi connectivity index (χ1) is 10.0. The van der Waals surface area contributed by atoms with Crippen molar-refractivity contribution >= 4 is 5.91 Å². The molecule has 1 heterocycles. The van der Waals surface area contributed by atoms with Crippen LogP contribution in [0.3, 0.4) is 0 Å². The summed E-state index contributed by atoms with van der Waals surface area (Å²) in [6, 6.07) is 4.04. The average Bonchev–Trinajstić information content (AvgIpc) is 2.48. The summed E-state index contributed by atoms with van der Waals surface area (Å²) in [5.74, 6) is 4.23. The van der Waals surface area contributed by atoms with Crippen molar-refractivity contribution in [3.63, 3.8) is 0 Å². The number of amides is 1. The fourth-order valence-corrected chi connectivity index (χ4v) is 2.25. The van der Waals surface area contributed by atoms with Gasteiger partial charge in [0.1, 0.15) is 12.4 Å². The van der Waals surface area contributed by atoms with Crippen LogP contribution in [0.15, 0.2) is 18.2 Å². The van der Waals surface area contributed by atoms with Crippen molar-refractivity contribution in [1.29, 1.82) is 0 Å². The molecule has 1 aliphatic rings. The van der Waals surface area contributed by atoms with Gasteiger partial charge in [0.15, 0.2) is 0 Å². The Hall–Kier alpha value is -1.90. The Morgan fingerprint density at radius 1 is 1.52 bits per heavy atom. The summed E-state index contributed by atoms with van der Waals surface area (Å²) in [7, 11) is 0. The number of halogens is 1. The van der Waals surface area contributed by atoms with Crippen molar-refractivity contribution in [1.82, 2.24) is 4.90 Å². The Bertz CT molecular complexity index is 591. The SMILES string of the molecule is CC1CN(C(=O)c2cc(C#CCO)ccc2F)C(C)CO1. The van der Waals surface area contributed by atoms with E-state index in [1.54, 1.807) is 4.90 Å². The second-order valence-corrected chi connectivity index (χ2v) is 5.11. The van der Waals surface area contributed by atoms with Crippen molar-refractivity contribution in [2.75, 3.05) is 19.8 Å². The smallest absolute Gasteiger partial charge is 0.257 e. The van der Waals surface area contributed by atoms with Gasteiger partial charge >= 0.3 is 0 Å². The van der Waals surface area contributed by atoms with Gasteiger partial charge in [-0.1, -0.05) is 11.8 Å². The predicted molar refractivity (Wildman–Crippen MR) is 76.3 cm³/mol. The van der Waals surface area contributed by atoms with Gasteiger partial charge in [-0.3, -0.25) is 4.79 Å². The van der Waals surface area contributed by atoms with Gasteiger partial charge in [-0.2, -0.15) is 0 Å². The number of benzene rings is 1. The highest BCUT2D eigenvalue weighted by Gasteiger charge is 2.29. The van der Waals surface area contributed by atoms with Gasteiger partial charge in [-0.25, -0.2) is 4.39 Å². The minimum absolute atomic E-state index is 0.000639. The normalized spacial score (nSPS) is 21.6. The molecule has 4 nitrogen and oxygen atoms in total. The molecule has 21 heavy (non-hydrogen) atoms. The number of carbonyl (C=O) groups excluding carboxylic acids is 1. The third kappa shape index (κ3) is 3.60. The first-order valence-corrected chi connectivity index (χ1v) is 6.84. The van der Waals surface area contributed by atoms with E-state index in [4.69, 9.17) is 9.84 Å². The number of morpholine rings is 1. The van der Waals surface area contributed by atoms with Crippen molar-refractivity contribution in [3.05, 3.63) is 35.1 Å². The molecule has 0 aliphatic carbocycles. The molecule has 0 radical (unpaired) electrons. The van der Waals surface area contributed by atoms with Crippen LogP contribution in [0, 0.1) is 17.7 Å². The summed E-state index contributed by atoms with van der Waals surface area (Å²) in [5.41, 5.74) is 0.503. The van der Waals surface area contributed by atoms with Crippen molar-refractivity contribution in [2.45, 2.75) is 26.0 Å². The maximum Gasteiger partial charge on any atom is 0.257 e. The first kappa shape index (κ1) is 15.5. The van der Waals surface area contributed by atoms with E-state index in [2.05, 4.69) is 11.8 Å². The molecule has 1 aromatic rings. The highest BCUT2D eigenvalue weighted by molar-refractivity contribution is 5.95. The van der Waals surface area contributed by atoms with Gasteiger partial charge in [0.2, 0.25) is 0 Å². The van der Waals surface area contributed by atoms with Crippen LogP contribution < -0.4 is 0 Å². The van der Waals surface area contributed by atoms with Crippen LogP contribution in [-0.2, 0) is 4.74 Å². The van der Waals surface area contributed by atoms with E-state index in [9.17, 15) is 9.18 Å². The average molecular weight is 291 g/mol. The van der Waals surface area contributed by atoms with Crippen LogP contribution in [0.25, 0.3) is 0 Å². The second kappa shape index (κ2) is 6.70. The zero-order valence-corrected chi connectivity index (χ0v) is 12.1. The lowest BCUT2D eigenvalue weighted by atomic mass is 10.1. The molecule has 1 aromatic carbocycles. The Balaban J connectivity index is 2.29. The molecular weight excluding hydrogens is 273 g/mol. The van der Waals surface area contributed by atoms with Crippen LogP contribution in [0.2, 0.25) is 0 Å². The van der Waals surface area contributed by atoms with Gasteiger partial charge in [0.25, 0.3) is 5.91 Å². The monoisotopic (exact) mass is 291 g/mol. The summed E-state index contributed by atoms with van der Waals surface area (Å²) in [4.78, 5) is 14.2. The number of rotatable bonds is 1. The van der Waals surface area contributed by atoms with E-state index < -0.39 is 5.82 Å². The van der Waals surface area contributed by atoms with E-state index in [1.807, 2.05) is 13.8 Å². The van der Waals surface area contributed by atoms with E-state index in [-0.39, 0.29) is 30.2 Å². The van der Waals surface area contributed by atoms with Crippen LogP contribution in [0.5, 0.6) is 0 Å². The molecule has 0 bridgehead atoms. The van der Waals surface area contributed by atoms with Crippen molar-refractivity contribution < 1.29 is 19.0 Å². The van der Waals surface area contributed by atoms with E-state index in [0.29, 0.717) is 18.7 Å². The van der Waals surface area contributed by atoms with E-state index in [1.165, 1.54) is 18.2 Å². The molecule has 1 saturated heterocycles. The highest BCUT2D eigenvalue weighted by atomic mass is 19.1. The summed E-state index contributed by atoms with van der Waals surface area (Å²) in [5, 5.41) is 8.69. The summed E-state index contributed by atoms with van der Waals surface area (Å²) >= 11 is 0. The maximum atomic E-state index is 13.9. The zero-order chi connectivity index (χ0) is 15.4. The van der Waals surface area contributed by atoms with Crippen LogP contribution in [0.4, 0.5) is 4.39 Å². The topological polar surface area (TPSA) is 49.8 Å². The molecule has 1 N–H and O–H groups in total. The Kier molecular flexibility index (Phi) is 4.94. The first-order valence-electron chi connectivity index (χ1n) is 6.84. The number of aliphatic hydroxyl groups is 1. The number of carbonyl (C=O) groups is 1. The third-order valence-electron chi connectivity index (χ3n) is 3.38. The summed E-state index contributed by atoms with van der Waals surface area (Å²) in [6.45, 7) is 4.35. The molecule has 1 fully saturated rings. The second-order valence-electron chi connectivity index (χ2n) is 5.11. The molecule has 0 spiro atoms. The lowest BCUT2D eigenvalue weighted by molar-refractivity contribution is -0.0388. The zero-order valence-electron chi connectivity index (χ0n) is 12.1. The highest BCUT2D eigenvalue weighted by Crippen LogP contribution is 2.18. The third-order valence-corrected chi connectivity index (χ3v) is 3.38. The number of hydrogen-bond acceptors (Lipinski definition) is 3. The van der Waals surface area contributed by atoms with Gasteiger partial charge in [-0.15, -0.1) is 0 Å². The Morgan fingerprint density at radius 3 is 3.00 bits per heavy atom. The maximum absolute atomic E-state index is 13.9. The largest absolute Gasteiger partial charge is 0.384 e. The number of nitrogens with zero attached hydrogens (tertiary/aromatic N) is 1. The minimum atomic E-state index is -0.569. The summed E-state index contributed by atoms with van der Waals surface area (Å²) in [6.07, 6.45) is -0.0643. The molecule has 1 aliphatic heterocycles. The van der Waals surface area contributed by atoms with Gasteiger partial charge < -0.3 is 14.7 Å². The van der Waals surface area contributed by atoms with Crippen molar-refractivity contribution in [2.24, 2.45) is 0 Å². The number of aliphatic hydroxyl groups excluding tert-OH is 1. The molecule has 0 saturated carbocycles. The summed E-state index contributed by atoms with van der Waals surface area (Å²) < 4.78 is 19.4. The molecular formula is C16H18FNO3. The van der Waals surface area contributed by atoms with Gasteiger partial charge in [0.05, 0.1) is 24.3 Å². The Labute approximate surface area is 123 Å². The lowest BCUT2D eigenvalue weighted by Gasteiger charge is -2.36. The molecule has 112 valence electrons. The molecule has 2 rings (SSSR count). The van der Waals surface area contributed by atoms with E-state index >= 15 is 0 Å². The Morgan fingerprint density at radius 2 is 2.29 bits per heavy atom. The van der Waals surface area contributed by atoms with Gasteiger partial charge in [0, 0.05) is 12.1 Å². The van der Waals surface area contributed by atoms with Crippen LogP contribution in [-0.4, -0.2) is 47.8 Å². The van der Waals surface area contributed by atoms with E-state index in [0.717, 1.165) is 0 Å². The fraction of sp³-hybridized carbons (Fsp3) is 0.438. The van der Waals surface area contributed by atoms with Crippen LogP contribution in [0.1, 0.15) is 29.8 Å². The lowest BCUT2D eigenvalue weighted by Crippen LogP contribution is -2.50. The standard InChI is InChI=1S/C16H18FNO3/c1-11-10-21-12(2)9-18(11)16(20)14-8-13(4-3-7-19)5-6-15(14)17/h5-6,8,11-12,19H,7,9-10H2,1-2H3. The number of ether oxygens (including phenoxy) is 1. The minimum Gasteiger partial charge on any atom is -0.384 e. The molecule has 5 heteroatoms. The quantitative estimate of drug-likeness (QED) is 0.796.